The first-order chi connectivity index (χ1) is 10.1. The Bertz CT molecular complexity index is 934. The largest absolute Gasteiger partial charge is 0.417 e. The molecule has 22 heavy (non-hydrogen) atoms. The molecule has 1 aromatic carbocycles. The van der Waals surface area contributed by atoms with Crippen molar-refractivity contribution in [2.75, 3.05) is 0 Å². The standard InChI is InChI=1S/C12H6F3N3O4/c1-5(19)22-18-9-2-6(4-16)7(12(13,14)15)3-8(9)17-10(20)11(18)21/h2-3H,1H3,(H,17,20). The highest BCUT2D eigenvalue weighted by atomic mass is 19.4. The van der Waals surface area contributed by atoms with Crippen LogP contribution in [0.25, 0.3) is 11.0 Å². The van der Waals surface area contributed by atoms with Crippen LogP contribution in [0.1, 0.15) is 18.1 Å². The van der Waals surface area contributed by atoms with Gasteiger partial charge >= 0.3 is 23.3 Å². The second-order valence-corrected chi connectivity index (χ2v) is 4.16. The summed E-state index contributed by atoms with van der Waals surface area (Å²) in [5.41, 5.74) is -5.39. The van der Waals surface area contributed by atoms with Gasteiger partial charge in [-0.1, -0.05) is 0 Å². The van der Waals surface area contributed by atoms with Crippen molar-refractivity contribution in [1.29, 1.82) is 5.26 Å². The first kappa shape index (κ1) is 15.3. The van der Waals surface area contributed by atoms with E-state index in [0.29, 0.717) is 12.1 Å². The van der Waals surface area contributed by atoms with E-state index in [2.05, 4.69) is 4.84 Å². The van der Waals surface area contributed by atoms with Crippen LogP contribution in [0.3, 0.4) is 0 Å². The number of fused-ring (bicyclic) bond motifs is 1. The third kappa shape index (κ3) is 2.56. The van der Waals surface area contributed by atoms with Gasteiger partial charge in [0.15, 0.2) is 0 Å². The Labute approximate surface area is 119 Å². The van der Waals surface area contributed by atoms with E-state index in [1.54, 1.807) is 0 Å². The SMILES string of the molecule is CC(=O)On1c(=O)c(=O)[nH]c2cc(C(F)(F)F)c(C#N)cc21. The van der Waals surface area contributed by atoms with Gasteiger partial charge in [0.1, 0.15) is 5.52 Å². The van der Waals surface area contributed by atoms with E-state index in [0.717, 1.165) is 6.92 Å². The lowest BCUT2D eigenvalue weighted by Gasteiger charge is -2.12. The van der Waals surface area contributed by atoms with Gasteiger partial charge in [-0.2, -0.15) is 18.4 Å². The molecule has 10 heteroatoms. The van der Waals surface area contributed by atoms with E-state index in [4.69, 9.17) is 5.26 Å². The van der Waals surface area contributed by atoms with E-state index in [-0.39, 0.29) is 10.2 Å². The second kappa shape index (κ2) is 5.03. The number of nitrogens with one attached hydrogen (secondary N) is 1. The van der Waals surface area contributed by atoms with Crippen molar-refractivity contribution in [3.8, 4) is 6.07 Å². The number of hydrogen-bond acceptors (Lipinski definition) is 5. The summed E-state index contributed by atoms with van der Waals surface area (Å²) < 4.78 is 38.8. The highest BCUT2D eigenvalue weighted by Crippen LogP contribution is 2.33. The van der Waals surface area contributed by atoms with Gasteiger partial charge in [-0.15, -0.1) is 4.73 Å². The van der Waals surface area contributed by atoms with Gasteiger partial charge in [0, 0.05) is 6.92 Å². The summed E-state index contributed by atoms with van der Waals surface area (Å²) in [5, 5.41) is 8.82. The maximum absolute atomic E-state index is 12.9. The average molecular weight is 313 g/mol. The Morgan fingerprint density at radius 2 is 2.00 bits per heavy atom. The van der Waals surface area contributed by atoms with E-state index in [9.17, 15) is 27.6 Å². The van der Waals surface area contributed by atoms with E-state index in [1.807, 2.05) is 4.98 Å². The van der Waals surface area contributed by atoms with E-state index >= 15 is 0 Å². The number of benzene rings is 1. The van der Waals surface area contributed by atoms with Crippen LogP contribution in [0, 0.1) is 11.3 Å². The van der Waals surface area contributed by atoms with Crippen LogP contribution in [0.2, 0.25) is 0 Å². The van der Waals surface area contributed by atoms with Gasteiger partial charge in [0.05, 0.1) is 22.7 Å². The number of carbonyl (C=O) groups excluding carboxylic acids is 1. The molecule has 0 spiro atoms. The molecule has 0 atom stereocenters. The molecule has 0 unspecified atom stereocenters. The summed E-state index contributed by atoms with van der Waals surface area (Å²) in [6.45, 7) is 0.939. The van der Waals surface area contributed by atoms with E-state index < -0.39 is 39.9 Å². The molecule has 1 heterocycles. The van der Waals surface area contributed by atoms with Crippen molar-refractivity contribution in [2.24, 2.45) is 0 Å². The van der Waals surface area contributed by atoms with Crippen LogP contribution in [0.4, 0.5) is 13.2 Å². The molecule has 1 aromatic heterocycles. The quantitative estimate of drug-likeness (QED) is 0.774. The zero-order chi connectivity index (χ0) is 16.7. The molecular formula is C12H6F3N3O4. The van der Waals surface area contributed by atoms with Gasteiger partial charge in [-0.05, 0) is 12.1 Å². The number of nitriles is 1. The Morgan fingerprint density at radius 3 is 2.50 bits per heavy atom. The molecule has 0 bridgehead atoms. The average Bonchev–Trinajstić information content (AvgIpc) is 2.41. The zero-order valence-corrected chi connectivity index (χ0v) is 10.8. The molecule has 0 aliphatic heterocycles. The monoisotopic (exact) mass is 313 g/mol. The molecule has 114 valence electrons. The molecule has 0 aliphatic rings. The van der Waals surface area contributed by atoms with Crippen LogP contribution in [0.5, 0.6) is 0 Å². The van der Waals surface area contributed by atoms with Crippen LogP contribution in [-0.4, -0.2) is 15.7 Å². The third-order valence-electron chi connectivity index (χ3n) is 2.63. The zero-order valence-electron chi connectivity index (χ0n) is 10.8. The lowest BCUT2D eigenvalue weighted by molar-refractivity contribution is -0.141. The smallest absolute Gasteiger partial charge is 0.333 e. The van der Waals surface area contributed by atoms with Crippen LogP contribution >= 0.6 is 0 Å². The molecule has 0 saturated heterocycles. The molecule has 0 radical (unpaired) electrons. The topological polar surface area (TPSA) is 105 Å². The second-order valence-electron chi connectivity index (χ2n) is 4.16. The molecule has 7 nitrogen and oxygen atoms in total. The molecule has 2 aromatic rings. The summed E-state index contributed by atoms with van der Waals surface area (Å²) in [7, 11) is 0. The summed E-state index contributed by atoms with van der Waals surface area (Å²) in [5.74, 6) is -0.965. The Hall–Kier alpha value is -3.09. The van der Waals surface area contributed by atoms with Crippen molar-refractivity contribution in [2.45, 2.75) is 13.1 Å². The Kier molecular flexibility index (Phi) is 3.50. The van der Waals surface area contributed by atoms with Gasteiger partial charge in [0.25, 0.3) is 0 Å². The number of carbonyl (C=O) groups is 1. The predicted molar refractivity (Wildman–Crippen MR) is 65.8 cm³/mol. The van der Waals surface area contributed by atoms with Crippen molar-refractivity contribution in [3.05, 3.63) is 44.0 Å². The Balaban J connectivity index is 2.96. The van der Waals surface area contributed by atoms with Crippen molar-refractivity contribution in [3.63, 3.8) is 0 Å². The summed E-state index contributed by atoms with van der Waals surface area (Å²) >= 11 is 0. The van der Waals surface area contributed by atoms with Gasteiger partial charge < -0.3 is 9.82 Å². The van der Waals surface area contributed by atoms with Gasteiger partial charge in [-0.25, -0.2) is 4.79 Å². The third-order valence-corrected chi connectivity index (χ3v) is 2.63. The fourth-order valence-electron chi connectivity index (χ4n) is 1.78. The Morgan fingerprint density at radius 1 is 1.36 bits per heavy atom. The lowest BCUT2D eigenvalue weighted by Crippen LogP contribution is -2.40. The number of aromatic amines is 1. The van der Waals surface area contributed by atoms with Crippen LogP contribution < -0.4 is 16.0 Å². The summed E-state index contributed by atoms with van der Waals surface area (Å²) in [4.78, 5) is 40.5. The van der Waals surface area contributed by atoms with E-state index in [1.165, 1.54) is 6.07 Å². The number of hydrogen-bond donors (Lipinski definition) is 1. The maximum Gasteiger partial charge on any atom is 0.417 e. The fraction of sp³-hybridized carbons (Fsp3) is 0.167. The predicted octanol–water partition coefficient (Wildman–Crippen LogP) is 0.555. The number of H-pyrrole nitrogens is 1. The van der Waals surface area contributed by atoms with Crippen LogP contribution in [0.15, 0.2) is 21.7 Å². The lowest BCUT2D eigenvalue weighted by atomic mass is 10.1. The summed E-state index contributed by atoms with van der Waals surface area (Å²) in [6, 6.07) is 2.54. The number of halogens is 3. The van der Waals surface area contributed by atoms with Crippen molar-refractivity contribution >= 4 is 17.0 Å². The molecule has 2 rings (SSSR count). The first-order valence-corrected chi connectivity index (χ1v) is 5.64. The minimum atomic E-state index is -4.83. The molecule has 0 fully saturated rings. The van der Waals surface area contributed by atoms with Crippen LogP contribution in [-0.2, 0) is 11.0 Å². The number of nitrogens with zero attached hydrogens (tertiary/aromatic N) is 2. The maximum atomic E-state index is 12.9. The number of rotatable bonds is 1. The molecular weight excluding hydrogens is 307 g/mol. The molecule has 1 N–H and O–H groups in total. The van der Waals surface area contributed by atoms with Crippen molar-refractivity contribution in [1.82, 2.24) is 9.71 Å². The molecule has 0 aliphatic carbocycles. The number of alkyl halides is 3. The highest BCUT2D eigenvalue weighted by Gasteiger charge is 2.34. The fourth-order valence-corrected chi connectivity index (χ4v) is 1.78. The van der Waals surface area contributed by atoms with Crippen molar-refractivity contribution < 1.29 is 22.8 Å². The number of aromatic nitrogens is 2. The minimum Gasteiger partial charge on any atom is -0.333 e. The normalized spacial score (nSPS) is 11.2. The molecule has 0 saturated carbocycles. The van der Waals surface area contributed by atoms with Gasteiger partial charge in [0.2, 0.25) is 0 Å². The van der Waals surface area contributed by atoms with Gasteiger partial charge in [-0.3, -0.25) is 9.59 Å². The highest BCUT2D eigenvalue weighted by molar-refractivity contribution is 5.78. The minimum absolute atomic E-state index is 0.248. The summed E-state index contributed by atoms with van der Waals surface area (Å²) in [6.07, 6.45) is -4.83. The molecule has 0 amide bonds. The first-order valence-electron chi connectivity index (χ1n) is 5.64.